The van der Waals surface area contributed by atoms with Crippen LogP contribution >= 0.6 is 0 Å². The summed E-state index contributed by atoms with van der Waals surface area (Å²) in [6, 6.07) is 8.72. The highest BCUT2D eigenvalue weighted by molar-refractivity contribution is 5.28. The zero-order chi connectivity index (χ0) is 13.0. The molecule has 3 nitrogen and oxygen atoms in total. The van der Waals surface area contributed by atoms with Gasteiger partial charge in [-0.25, -0.2) is 0 Å². The summed E-state index contributed by atoms with van der Waals surface area (Å²) >= 11 is 0. The molecule has 2 atom stereocenters. The summed E-state index contributed by atoms with van der Waals surface area (Å²) in [6.07, 6.45) is 3.15. The van der Waals surface area contributed by atoms with Crippen LogP contribution in [0.4, 0.5) is 0 Å². The highest BCUT2D eigenvalue weighted by Gasteiger charge is 2.33. The SMILES string of the molecule is COc1ccc(C[C@]2(CO)CC[C@@H](C)NC2)cc1. The summed E-state index contributed by atoms with van der Waals surface area (Å²) in [7, 11) is 1.68. The maximum absolute atomic E-state index is 9.73. The van der Waals surface area contributed by atoms with Crippen molar-refractivity contribution >= 4 is 0 Å². The van der Waals surface area contributed by atoms with E-state index in [4.69, 9.17) is 4.74 Å². The Balaban J connectivity index is 2.05. The Morgan fingerprint density at radius 3 is 2.61 bits per heavy atom. The highest BCUT2D eigenvalue weighted by atomic mass is 16.5. The lowest BCUT2D eigenvalue weighted by atomic mass is 9.75. The van der Waals surface area contributed by atoms with Crippen LogP contribution in [0.1, 0.15) is 25.3 Å². The van der Waals surface area contributed by atoms with Crippen molar-refractivity contribution in [3.63, 3.8) is 0 Å². The Bertz CT molecular complexity index is 367. The topological polar surface area (TPSA) is 41.5 Å². The summed E-state index contributed by atoms with van der Waals surface area (Å²) in [4.78, 5) is 0. The van der Waals surface area contributed by atoms with Crippen molar-refractivity contribution in [3.05, 3.63) is 29.8 Å². The molecule has 0 unspecified atom stereocenters. The third-order valence-electron chi connectivity index (χ3n) is 4.01. The van der Waals surface area contributed by atoms with Gasteiger partial charge < -0.3 is 15.2 Å². The van der Waals surface area contributed by atoms with Crippen LogP contribution in [0.3, 0.4) is 0 Å². The van der Waals surface area contributed by atoms with Gasteiger partial charge in [-0.05, 0) is 43.9 Å². The molecule has 0 saturated carbocycles. The molecular formula is C15H23NO2. The van der Waals surface area contributed by atoms with Crippen molar-refractivity contribution in [2.24, 2.45) is 5.41 Å². The van der Waals surface area contributed by atoms with Crippen molar-refractivity contribution in [2.45, 2.75) is 32.2 Å². The average Bonchev–Trinajstić information content (AvgIpc) is 2.43. The van der Waals surface area contributed by atoms with Crippen molar-refractivity contribution < 1.29 is 9.84 Å². The van der Waals surface area contributed by atoms with E-state index in [0.717, 1.165) is 31.6 Å². The number of hydrogen-bond acceptors (Lipinski definition) is 3. The Hall–Kier alpha value is -1.06. The molecule has 2 rings (SSSR count). The van der Waals surface area contributed by atoms with Crippen LogP contribution in [0, 0.1) is 5.41 Å². The second kappa shape index (κ2) is 5.72. The van der Waals surface area contributed by atoms with Gasteiger partial charge >= 0.3 is 0 Å². The fourth-order valence-corrected chi connectivity index (χ4v) is 2.62. The molecule has 1 fully saturated rings. The number of hydrogen-bond donors (Lipinski definition) is 2. The summed E-state index contributed by atoms with van der Waals surface area (Å²) in [5, 5.41) is 13.2. The predicted octanol–water partition coefficient (Wildman–Crippen LogP) is 1.99. The standard InChI is InChI=1S/C15H23NO2/c1-12-7-8-15(11-17,10-16-12)9-13-3-5-14(18-2)6-4-13/h3-6,12,16-17H,7-11H2,1-2H3/t12-,15-/m1/s1. The van der Waals surface area contributed by atoms with Crippen LogP contribution in [0.25, 0.3) is 0 Å². The first-order chi connectivity index (χ1) is 8.67. The van der Waals surface area contributed by atoms with E-state index in [1.54, 1.807) is 7.11 Å². The Morgan fingerprint density at radius 1 is 1.39 bits per heavy atom. The van der Waals surface area contributed by atoms with Crippen molar-refractivity contribution in [3.8, 4) is 5.75 Å². The minimum absolute atomic E-state index is 0.00109. The number of aliphatic hydroxyl groups is 1. The molecule has 3 heteroatoms. The Labute approximate surface area is 109 Å². The molecule has 0 aliphatic carbocycles. The van der Waals surface area contributed by atoms with Crippen LogP contribution in [-0.4, -0.2) is 31.4 Å². The molecule has 0 aromatic heterocycles. The van der Waals surface area contributed by atoms with Crippen LogP contribution in [0.5, 0.6) is 5.75 Å². The normalized spacial score (nSPS) is 28.1. The van der Waals surface area contributed by atoms with Gasteiger partial charge in [0.25, 0.3) is 0 Å². The Morgan fingerprint density at radius 2 is 2.11 bits per heavy atom. The van der Waals surface area contributed by atoms with Gasteiger partial charge in [0.05, 0.1) is 13.7 Å². The summed E-state index contributed by atoms with van der Waals surface area (Å²) in [5.41, 5.74) is 1.27. The lowest BCUT2D eigenvalue weighted by Gasteiger charge is -2.39. The lowest BCUT2D eigenvalue weighted by molar-refractivity contribution is 0.0837. The second-order valence-corrected chi connectivity index (χ2v) is 5.50. The van der Waals surface area contributed by atoms with E-state index < -0.39 is 0 Å². The van der Waals surface area contributed by atoms with Crippen molar-refractivity contribution in [1.82, 2.24) is 5.32 Å². The van der Waals surface area contributed by atoms with E-state index in [-0.39, 0.29) is 12.0 Å². The number of aliphatic hydroxyl groups excluding tert-OH is 1. The van der Waals surface area contributed by atoms with Gasteiger partial charge in [-0.1, -0.05) is 12.1 Å². The average molecular weight is 249 g/mol. The maximum Gasteiger partial charge on any atom is 0.118 e. The number of methoxy groups -OCH3 is 1. The van der Waals surface area contributed by atoms with Crippen LogP contribution in [0.15, 0.2) is 24.3 Å². The van der Waals surface area contributed by atoms with Gasteiger partial charge in [0.1, 0.15) is 5.75 Å². The first kappa shape index (κ1) is 13.4. The summed E-state index contributed by atoms with van der Waals surface area (Å²) in [6.45, 7) is 3.35. The Kier molecular flexibility index (Phi) is 4.25. The molecule has 100 valence electrons. The molecule has 0 bridgehead atoms. The number of ether oxygens (including phenoxy) is 1. The summed E-state index contributed by atoms with van der Waals surface area (Å²) in [5.74, 6) is 0.882. The highest BCUT2D eigenvalue weighted by Crippen LogP contribution is 2.32. The van der Waals surface area contributed by atoms with Gasteiger partial charge in [-0.15, -0.1) is 0 Å². The van der Waals surface area contributed by atoms with E-state index in [1.807, 2.05) is 12.1 Å². The van der Waals surface area contributed by atoms with E-state index >= 15 is 0 Å². The van der Waals surface area contributed by atoms with Crippen LogP contribution in [-0.2, 0) is 6.42 Å². The van der Waals surface area contributed by atoms with E-state index in [9.17, 15) is 5.11 Å². The first-order valence-corrected chi connectivity index (χ1v) is 6.65. The van der Waals surface area contributed by atoms with Gasteiger partial charge in [0.15, 0.2) is 0 Å². The molecule has 0 spiro atoms. The smallest absolute Gasteiger partial charge is 0.118 e. The van der Waals surface area contributed by atoms with Crippen LogP contribution in [0.2, 0.25) is 0 Å². The van der Waals surface area contributed by atoms with Gasteiger partial charge in [0, 0.05) is 18.0 Å². The lowest BCUT2D eigenvalue weighted by Crippen LogP contribution is -2.47. The second-order valence-electron chi connectivity index (χ2n) is 5.50. The molecule has 1 aliphatic heterocycles. The molecule has 1 aliphatic rings. The predicted molar refractivity (Wildman–Crippen MR) is 72.9 cm³/mol. The minimum Gasteiger partial charge on any atom is -0.497 e. The molecule has 1 aromatic carbocycles. The van der Waals surface area contributed by atoms with Crippen molar-refractivity contribution in [2.75, 3.05) is 20.3 Å². The van der Waals surface area contributed by atoms with E-state index in [0.29, 0.717) is 6.04 Å². The van der Waals surface area contributed by atoms with Crippen molar-refractivity contribution in [1.29, 1.82) is 0 Å². The minimum atomic E-state index is 0.00109. The molecular weight excluding hydrogens is 226 g/mol. The quantitative estimate of drug-likeness (QED) is 0.857. The fraction of sp³-hybridized carbons (Fsp3) is 0.600. The number of piperidine rings is 1. The monoisotopic (exact) mass is 249 g/mol. The van der Waals surface area contributed by atoms with Gasteiger partial charge in [-0.2, -0.15) is 0 Å². The summed E-state index contributed by atoms with van der Waals surface area (Å²) < 4.78 is 5.16. The number of nitrogens with one attached hydrogen (secondary N) is 1. The molecule has 1 heterocycles. The third-order valence-corrected chi connectivity index (χ3v) is 4.01. The molecule has 0 radical (unpaired) electrons. The zero-order valence-corrected chi connectivity index (χ0v) is 11.3. The maximum atomic E-state index is 9.73. The molecule has 0 amide bonds. The first-order valence-electron chi connectivity index (χ1n) is 6.65. The number of benzene rings is 1. The molecule has 1 saturated heterocycles. The van der Waals surface area contributed by atoms with E-state index in [2.05, 4.69) is 24.4 Å². The zero-order valence-electron chi connectivity index (χ0n) is 11.3. The molecule has 18 heavy (non-hydrogen) atoms. The molecule has 2 N–H and O–H groups in total. The largest absolute Gasteiger partial charge is 0.497 e. The number of rotatable bonds is 4. The molecule has 1 aromatic rings. The van der Waals surface area contributed by atoms with Crippen LogP contribution < -0.4 is 10.1 Å². The van der Waals surface area contributed by atoms with Gasteiger partial charge in [-0.3, -0.25) is 0 Å². The van der Waals surface area contributed by atoms with Gasteiger partial charge in [0.2, 0.25) is 0 Å². The van der Waals surface area contributed by atoms with E-state index in [1.165, 1.54) is 5.56 Å². The third kappa shape index (κ3) is 3.03. The fourth-order valence-electron chi connectivity index (χ4n) is 2.62.